The molecule has 0 amide bonds. The third-order valence-electron chi connectivity index (χ3n) is 13.7. The third-order valence-corrected chi connectivity index (χ3v) is 13.7. The van der Waals surface area contributed by atoms with Crippen molar-refractivity contribution >= 4 is 17.9 Å². The Balaban J connectivity index is 4.31. The van der Waals surface area contributed by atoms with Crippen LogP contribution in [-0.4, -0.2) is 37.2 Å². The van der Waals surface area contributed by atoms with Crippen molar-refractivity contribution in [3.8, 4) is 0 Å². The zero-order valence-corrected chi connectivity index (χ0v) is 45.9. The van der Waals surface area contributed by atoms with Crippen LogP contribution in [0, 0.1) is 0 Å². The molecule has 6 heteroatoms. The molecule has 0 aliphatic carbocycles. The van der Waals surface area contributed by atoms with E-state index in [1.54, 1.807) is 0 Å². The second-order valence-corrected chi connectivity index (χ2v) is 20.6. The standard InChI is InChI=1S/C62H116O6/c1-4-7-10-13-16-19-22-25-28-30-31-33-34-37-40-43-46-49-52-55-61(64)67-58-59(57-66-60(63)54-51-48-45-42-39-36-27-24-21-18-15-12-9-6-3)68-62(65)56-53-50-47-44-41-38-35-32-29-26-23-20-17-14-11-8-5-2/h15,18,24,27,59H,4-14,16-17,19-23,25-26,28-58H2,1-3H3/b18-15-,27-24-. The van der Waals surface area contributed by atoms with E-state index < -0.39 is 6.10 Å². The summed E-state index contributed by atoms with van der Waals surface area (Å²) in [5.74, 6) is -0.859. The van der Waals surface area contributed by atoms with Crippen LogP contribution >= 0.6 is 0 Å². The Morgan fingerprint density at radius 3 is 0.853 bits per heavy atom. The van der Waals surface area contributed by atoms with Gasteiger partial charge in [0, 0.05) is 19.3 Å². The summed E-state index contributed by atoms with van der Waals surface area (Å²) in [5.41, 5.74) is 0. The molecule has 0 aliphatic rings. The normalized spacial score (nSPS) is 12.1. The van der Waals surface area contributed by atoms with Gasteiger partial charge in [-0.25, -0.2) is 0 Å². The molecule has 0 saturated carbocycles. The first-order valence-corrected chi connectivity index (χ1v) is 30.3. The molecule has 68 heavy (non-hydrogen) atoms. The van der Waals surface area contributed by atoms with E-state index in [0.717, 1.165) is 77.0 Å². The van der Waals surface area contributed by atoms with Gasteiger partial charge in [0.05, 0.1) is 0 Å². The van der Waals surface area contributed by atoms with Crippen LogP contribution in [0.25, 0.3) is 0 Å². The number of ether oxygens (including phenoxy) is 3. The van der Waals surface area contributed by atoms with Crippen molar-refractivity contribution in [2.45, 2.75) is 341 Å². The van der Waals surface area contributed by atoms with E-state index in [1.807, 2.05) is 0 Å². The van der Waals surface area contributed by atoms with E-state index >= 15 is 0 Å². The minimum absolute atomic E-state index is 0.0698. The summed E-state index contributed by atoms with van der Waals surface area (Å²) in [6.07, 6.45) is 67.4. The molecule has 400 valence electrons. The average molecular weight is 958 g/mol. The lowest BCUT2D eigenvalue weighted by Crippen LogP contribution is -2.30. The summed E-state index contributed by atoms with van der Waals surface area (Å²) >= 11 is 0. The SMILES string of the molecule is CCCC/C=C\C/C=C\CCCCCCCC(=O)OCC(COC(=O)CCCCCCCCCCCCCCCCCCCCC)OC(=O)CCCCCCCCCCCCCCCCCCC. The molecular weight excluding hydrogens is 841 g/mol. The van der Waals surface area contributed by atoms with Gasteiger partial charge in [0.25, 0.3) is 0 Å². The summed E-state index contributed by atoms with van der Waals surface area (Å²) in [6.45, 7) is 6.65. The van der Waals surface area contributed by atoms with Crippen molar-refractivity contribution in [3.05, 3.63) is 24.3 Å². The first-order valence-electron chi connectivity index (χ1n) is 30.3. The molecule has 1 unspecified atom stereocenters. The second kappa shape index (κ2) is 57.5. The van der Waals surface area contributed by atoms with Crippen molar-refractivity contribution in [3.63, 3.8) is 0 Å². The number of hydrogen-bond acceptors (Lipinski definition) is 6. The maximum absolute atomic E-state index is 12.9. The highest BCUT2D eigenvalue weighted by molar-refractivity contribution is 5.71. The van der Waals surface area contributed by atoms with Gasteiger partial charge in [-0.2, -0.15) is 0 Å². The fourth-order valence-electron chi connectivity index (χ4n) is 9.11. The largest absolute Gasteiger partial charge is 0.462 e. The maximum Gasteiger partial charge on any atom is 0.306 e. The van der Waals surface area contributed by atoms with E-state index in [4.69, 9.17) is 14.2 Å². The van der Waals surface area contributed by atoms with Crippen LogP contribution in [0.2, 0.25) is 0 Å². The Hall–Kier alpha value is -2.11. The van der Waals surface area contributed by atoms with Gasteiger partial charge in [-0.3, -0.25) is 14.4 Å². The van der Waals surface area contributed by atoms with Crippen molar-refractivity contribution < 1.29 is 28.6 Å². The van der Waals surface area contributed by atoms with Gasteiger partial charge in [-0.1, -0.05) is 295 Å². The lowest BCUT2D eigenvalue weighted by molar-refractivity contribution is -0.167. The number of carbonyl (C=O) groups excluding carboxylic acids is 3. The summed E-state index contributed by atoms with van der Waals surface area (Å²) in [7, 11) is 0. The van der Waals surface area contributed by atoms with Gasteiger partial charge >= 0.3 is 17.9 Å². The zero-order valence-electron chi connectivity index (χ0n) is 45.9. The Bertz CT molecular complexity index is 1100. The minimum atomic E-state index is -0.772. The number of hydrogen-bond donors (Lipinski definition) is 0. The summed E-state index contributed by atoms with van der Waals surface area (Å²) in [5, 5.41) is 0. The molecular formula is C62H116O6. The molecule has 0 bridgehead atoms. The fraction of sp³-hybridized carbons (Fsp3) is 0.887. The molecule has 0 N–H and O–H groups in total. The van der Waals surface area contributed by atoms with Crippen LogP contribution in [0.15, 0.2) is 24.3 Å². The van der Waals surface area contributed by atoms with E-state index in [9.17, 15) is 14.4 Å². The van der Waals surface area contributed by atoms with Crippen molar-refractivity contribution in [1.29, 1.82) is 0 Å². The predicted molar refractivity (Wildman–Crippen MR) is 293 cm³/mol. The fourth-order valence-corrected chi connectivity index (χ4v) is 9.11. The smallest absolute Gasteiger partial charge is 0.306 e. The Labute approximate surface area is 423 Å². The van der Waals surface area contributed by atoms with Crippen molar-refractivity contribution in [1.82, 2.24) is 0 Å². The molecule has 0 heterocycles. The first kappa shape index (κ1) is 65.9. The van der Waals surface area contributed by atoms with Gasteiger partial charge in [-0.15, -0.1) is 0 Å². The van der Waals surface area contributed by atoms with Crippen LogP contribution in [0.1, 0.15) is 335 Å². The number of esters is 3. The highest BCUT2D eigenvalue weighted by Crippen LogP contribution is 2.18. The third kappa shape index (κ3) is 54.8. The number of unbranched alkanes of at least 4 members (excludes halogenated alkanes) is 41. The highest BCUT2D eigenvalue weighted by Gasteiger charge is 2.19. The number of allylic oxidation sites excluding steroid dienone is 4. The average Bonchev–Trinajstić information content (AvgIpc) is 3.34. The molecule has 1 atom stereocenters. The van der Waals surface area contributed by atoms with Gasteiger partial charge in [0.15, 0.2) is 6.10 Å². The van der Waals surface area contributed by atoms with Crippen LogP contribution < -0.4 is 0 Å². The van der Waals surface area contributed by atoms with Gasteiger partial charge < -0.3 is 14.2 Å². The van der Waals surface area contributed by atoms with E-state index in [-0.39, 0.29) is 31.1 Å². The Morgan fingerprint density at radius 1 is 0.294 bits per heavy atom. The van der Waals surface area contributed by atoms with Gasteiger partial charge in [0.2, 0.25) is 0 Å². The van der Waals surface area contributed by atoms with E-state index in [2.05, 4.69) is 45.1 Å². The molecule has 0 rings (SSSR count). The van der Waals surface area contributed by atoms with Crippen LogP contribution in [0.4, 0.5) is 0 Å². The highest BCUT2D eigenvalue weighted by atomic mass is 16.6. The van der Waals surface area contributed by atoms with Crippen LogP contribution in [0.5, 0.6) is 0 Å². The molecule has 0 aromatic rings. The molecule has 0 aliphatic heterocycles. The number of rotatable bonds is 56. The van der Waals surface area contributed by atoms with Crippen molar-refractivity contribution in [2.75, 3.05) is 13.2 Å². The van der Waals surface area contributed by atoms with Crippen LogP contribution in [0.3, 0.4) is 0 Å². The molecule has 0 aromatic carbocycles. The molecule has 0 saturated heterocycles. The molecule has 6 nitrogen and oxygen atoms in total. The molecule has 0 radical (unpaired) electrons. The van der Waals surface area contributed by atoms with Crippen molar-refractivity contribution in [2.24, 2.45) is 0 Å². The zero-order chi connectivity index (χ0) is 49.3. The summed E-state index contributed by atoms with van der Waals surface area (Å²) < 4.78 is 16.9. The van der Waals surface area contributed by atoms with Gasteiger partial charge in [-0.05, 0) is 44.9 Å². The summed E-state index contributed by atoms with van der Waals surface area (Å²) in [6, 6.07) is 0. The Kier molecular flexibility index (Phi) is 55.7. The monoisotopic (exact) mass is 957 g/mol. The topological polar surface area (TPSA) is 78.9 Å². The first-order chi connectivity index (χ1) is 33.5. The van der Waals surface area contributed by atoms with E-state index in [1.165, 1.54) is 218 Å². The summed E-state index contributed by atoms with van der Waals surface area (Å²) in [4.78, 5) is 38.2. The lowest BCUT2D eigenvalue weighted by Gasteiger charge is -2.18. The lowest BCUT2D eigenvalue weighted by atomic mass is 10.0. The van der Waals surface area contributed by atoms with Crippen LogP contribution in [-0.2, 0) is 28.6 Å². The maximum atomic E-state index is 12.9. The number of carbonyl (C=O) groups is 3. The molecule has 0 spiro atoms. The van der Waals surface area contributed by atoms with Gasteiger partial charge in [0.1, 0.15) is 13.2 Å². The molecule has 0 fully saturated rings. The minimum Gasteiger partial charge on any atom is -0.462 e. The molecule has 0 aromatic heterocycles. The second-order valence-electron chi connectivity index (χ2n) is 20.6. The quantitative estimate of drug-likeness (QED) is 0.0262. The Morgan fingerprint density at radius 2 is 0.544 bits per heavy atom. The predicted octanol–water partition coefficient (Wildman–Crippen LogP) is 20.3. The van der Waals surface area contributed by atoms with E-state index in [0.29, 0.717) is 19.3 Å².